The number of thioether (sulfide) groups is 1. The Morgan fingerprint density at radius 3 is 3.14 bits per heavy atom. The minimum absolute atomic E-state index is 0.404. The van der Waals surface area contributed by atoms with Gasteiger partial charge in [-0.15, -0.1) is 0 Å². The second-order valence-electron chi connectivity index (χ2n) is 4.19. The fourth-order valence-electron chi connectivity index (χ4n) is 1.99. The number of rotatable bonds is 3. The molecule has 3 heteroatoms. The van der Waals surface area contributed by atoms with Crippen LogP contribution in [-0.4, -0.2) is 29.7 Å². The topological polar surface area (TPSA) is 21.3 Å². The molecule has 0 aromatic carbocycles. The molecule has 3 atom stereocenters. The van der Waals surface area contributed by atoms with Gasteiger partial charge in [0, 0.05) is 23.6 Å². The van der Waals surface area contributed by atoms with Crippen molar-refractivity contribution in [2.24, 2.45) is 0 Å². The van der Waals surface area contributed by atoms with Crippen molar-refractivity contribution >= 4 is 11.8 Å². The van der Waals surface area contributed by atoms with E-state index in [9.17, 15) is 0 Å². The van der Waals surface area contributed by atoms with E-state index < -0.39 is 0 Å². The summed E-state index contributed by atoms with van der Waals surface area (Å²) in [7, 11) is 0. The summed E-state index contributed by atoms with van der Waals surface area (Å²) >= 11 is 2.07. The molecule has 2 rings (SSSR count). The van der Waals surface area contributed by atoms with Gasteiger partial charge in [0.1, 0.15) is 6.10 Å². The molecule has 1 saturated heterocycles. The van der Waals surface area contributed by atoms with E-state index in [1.54, 1.807) is 0 Å². The number of hydrogen-bond donors (Lipinski definition) is 1. The van der Waals surface area contributed by atoms with E-state index in [1.165, 1.54) is 25.0 Å². The molecule has 0 radical (unpaired) electrons. The van der Waals surface area contributed by atoms with E-state index in [1.807, 2.05) is 6.26 Å². The third-order valence-corrected chi connectivity index (χ3v) is 4.21. The number of allylic oxidation sites excluding steroid dienone is 1. The van der Waals surface area contributed by atoms with Crippen LogP contribution in [0, 0.1) is 0 Å². The summed E-state index contributed by atoms with van der Waals surface area (Å²) in [6.45, 7) is 3.33. The van der Waals surface area contributed by atoms with Crippen molar-refractivity contribution in [1.29, 1.82) is 0 Å². The van der Waals surface area contributed by atoms with Crippen molar-refractivity contribution in [3.05, 3.63) is 12.3 Å². The van der Waals surface area contributed by atoms with Crippen LogP contribution in [0.3, 0.4) is 0 Å². The van der Waals surface area contributed by atoms with Gasteiger partial charge in [-0.05, 0) is 25.3 Å². The van der Waals surface area contributed by atoms with Gasteiger partial charge in [-0.2, -0.15) is 11.8 Å². The summed E-state index contributed by atoms with van der Waals surface area (Å²) in [4.78, 5) is 0. The molecule has 0 aromatic rings. The van der Waals surface area contributed by atoms with E-state index >= 15 is 0 Å². The van der Waals surface area contributed by atoms with Gasteiger partial charge in [0.25, 0.3) is 0 Å². The van der Waals surface area contributed by atoms with Crippen molar-refractivity contribution < 1.29 is 4.74 Å². The molecule has 3 unspecified atom stereocenters. The van der Waals surface area contributed by atoms with E-state index in [-0.39, 0.29) is 0 Å². The molecule has 1 N–H and O–H groups in total. The molecule has 14 heavy (non-hydrogen) atoms. The van der Waals surface area contributed by atoms with Crippen LogP contribution >= 0.6 is 11.8 Å². The summed E-state index contributed by atoms with van der Waals surface area (Å²) in [5, 5.41) is 4.44. The molecule has 2 heterocycles. The predicted molar refractivity (Wildman–Crippen MR) is 61.6 cm³/mol. The normalized spacial score (nSPS) is 37.1. The Kier molecular flexibility index (Phi) is 3.76. The lowest BCUT2D eigenvalue weighted by molar-refractivity contribution is 0.120. The van der Waals surface area contributed by atoms with Crippen molar-refractivity contribution in [3.8, 4) is 0 Å². The average Bonchev–Trinajstić information content (AvgIpc) is 2.63. The van der Waals surface area contributed by atoms with E-state index in [4.69, 9.17) is 4.74 Å². The monoisotopic (exact) mass is 213 g/mol. The zero-order valence-electron chi connectivity index (χ0n) is 8.74. The van der Waals surface area contributed by atoms with Gasteiger partial charge in [0.2, 0.25) is 0 Å². The highest BCUT2D eigenvalue weighted by Crippen LogP contribution is 2.25. The van der Waals surface area contributed by atoms with Crippen molar-refractivity contribution in [2.45, 2.75) is 43.6 Å². The Morgan fingerprint density at radius 2 is 2.50 bits per heavy atom. The first-order valence-corrected chi connectivity index (χ1v) is 6.55. The smallest absolute Gasteiger partial charge is 0.110 e. The van der Waals surface area contributed by atoms with Gasteiger partial charge in [-0.3, -0.25) is 0 Å². The van der Waals surface area contributed by atoms with Gasteiger partial charge in [-0.25, -0.2) is 0 Å². The van der Waals surface area contributed by atoms with E-state index in [0.717, 1.165) is 11.8 Å². The predicted octanol–water partition coefficient (Wildman–Crippen LogP) is 2.16. The lowest BCUT2D eigenvalue weighted by atomic mass is 10.1. The lowest BCUT2D eigenvalue weighted by Gasteiger charge is -2.21. The fourth-order valence-corrected chi connectivity index (χ4v) is 3.18. The molecule has 0 amide bonds. The van der Waals surface area contributed by atoms with Gasteiger partial charge in [0.05, 0.1) is 6.26 Å². The van der Waals surface area contributed by atoms with Crippen molar-refractivity contribution in [2.75, 3.05) is 12.3 Å². The molecular weight excluding hydrogens is 194 g/mol. The van der Waals surface area contributed by atoms with Crippen LogP contribution in [-0.2, 0) is 4.74 Å². The lowest BCUT2D eigenvalue weighted by Crippen LogP contribution is -2.36. The Morgan fingerprint density at radius 1 is 1.57 bits per heavy atom. The quantitative estimate of drug-likeness (QED) is 0.776. The van der Waals surface area contributed by atoms with Crippen LogP contribution < -0.4 is 5.32 Å². The Hall–Kier alpha value is -0.150. The highest BCUT2D eigenvalue weighted by molar-refractivity contribution is 8.00. The van der Waals surface area contributed by atoms with Gasteiger partial charge in [0.15, 0.2) is 0 Å². The number of nitrogens with one attached hydrogen (secondary N) is 1. The van der Waals surface area contributed by atoms with Crippen LogP contribution in [0.4, 0.5) is 0 Å². The van der Waals surface area contributed by atoms with Crippen molar-refractivity contribution in [1.82, 2.24) is 5.32 Å². The Bertz CT molecular complexity index is 207. The zero-order valence-corrected chi connectivity index (χ0v) is 9.56. The third kappa shape index (κ3) is 2.92. The van der Waals surface area contributed by atoms with Crippen LogP contribution in [0.5, 0.6) is 0 Å². The molecule has 2 aliphatic rings. The zero-order chi connectivity index (χ0) is 9.80. The molecule has 80 valence electrons. The van der Waals surface area contributed by atoms with Crippen LogP contribution in [0.25, 0.3) is 0 Å². The summed E-state index contributed by atoms with van der Waals surface area (Å²) in [6.07, 6.45) is 8.00. The Labute approximate surface area is 90.5 Å². The Balaban J connectivity index is 1.64. The van der Waals surface area contributed by atoms with Crippen LogP contribution in [0.1, 0.15) is 26.2 Å². The van der Waals surface area contributed by atoms with E-state index in [0.29, 0.717) is 12.1 Å². The largest absolute Gasteiger partial charge is 0.497 e. The molecular formula is C11H19NOS. The van der Waals surface area contributed by atoms with Crippen LogP contribution in [0.2, 0.25) is 0 Å². The number of hydrogen-bond acceptors (Lipinski definition) is 3. The summed E-state index contributed by atoms with van der Waals surface area (Å²) in [5.74, 6) is 1.27. The fraction of sp³-hybridized carbons (Fsp3) is 0.818. The van der Waals surface area contributed by atoms with Gasteiger partial charge in [-0.1, -0.05) is 6.92 Å². The first kappa shape index (κ1) is 10.4. The second kappa shape index (κ2) is 5.08. The summed E-state index contributed by atoms with van der Waals surface area (Å²) in [6, 6.07) is 0.713. The van der Waals surface area contributed by atoms with Crippen LogP contribution in [0.15, 0.2) is 12.3 Å². The van der Waals surface area contributed by atoms with Gasteiger partial charge < -0.3 is 10.1 Å². The van der Waals surface area contributed by atoms with Crippen molar-refractivity contribution in [3.63, 3.8) is 0 Å². The standard InChI is InChI=1S/C11H19NOS/c1-9-6-10(8-14-9)12-7-11-4-2-3-5-13-11/h3,5,9-12H,2,4,6-8H2,1H3. The molecule has 1 fully saturated rings. The average molecular weight is 213 g/mol. The van der Waals surface area contributed by atoms with E-state index in [2.05, 4.69) is 30.1 Å². The first-order valence-electron chi connectivity index (χ1n) is 5.50. The molecule has 0 aliphatic carbocycles. The highest BCUT2D eigenvalue weighted by atomic mass is 32.2. The maximum absolute atomic E-state index is 5.51. The minimum atomic E-state index is 0.404. The third-order valence-electron chi connectivity index (χ3n) is 2.86. The minimum Gasteiger partial charge on any atom is -0.497 e. The maximum atomic E-state index is 5.51. The highest BCUT2D eigenvalue weighted by Gasteiger charge is 2.22. The molecule has 0 aromatic heterocycles. The molecule has 2 nitrogen and oxygen atoms in total. The summed E-state index contributed by atoms with van der Waals surface area (Å²) in [5.41, 5.74) is 0. The molecule has 0 saturated carbocycles. The first-order chi connectivity index (χ1) is 6.84. The maximum Gasteiger partial charge on any atom is 0.110 e. The summed E-state index contributed by atoms with van der Waals surface area (Å²) < 4.78 is 5.51. The molecule has 0 spiro atoms. The molecule has 2 aliphatic heterocycles. The van der Waals surface area contributed by atoms with Gasteiger partial charge >= 0.3 is 0 Å². The molecule has 0 bridgehead atoms. The SMILES string of the molecule is CC1CC(NCC2CCC=CO2)CS1. The number of ether oxygens (including phenoxy) is 1. The second-order valence-corrected chi connectivity index (χ2v) is 5.66.